The number of ketones is 1. The fraction of sp³-hybridized carbons (Fsp3) is 0.464. The summed E-state index contributed by atoms with van der Waals surface area (Å²) < 4.78 is 13.8. The predicted molar refractivity (Wildman–Crippen MR) is 138 cm³/mol. The van der Waals surface area contributed by atoms with Crippen LogP contribution in [-0.4, -0.2) is 39.4 Å². The summed E-state index contributed by atoms with van der Waals surface area (Å²) >= 11 is 0. The second kappa shape index (κ2) is 10.6. The number of ether oxygens (including phenoxy) is 2. The third-order valence-electron chi connectivity index (χ3n) is 6.10. The molecule has 1 aromatic carbocycles. The second-order valence-corrected chi connectivity index (χ2v) is 10.3. The zero-order chi connectivity index (χ0) is 25.8. The summed E-state index contributed by atoms with van der Waals surface area (Å²) in [5.74, 6) is 0.426. The van der Waals surface area contributed by atoms with Crippen LogP contribution in [0.2, 0.25) is 0 Å². The van der Waals surface area contributed by atoms with Gasteiger partial charge in [0.15, 0.2) is 5.78 Å². The molecule has 3 aromatic rings. The normalized spacial score (nSPS) is 14.4. The van der Waals surface area contributed by atoms with E-state index in [0.717, 1.165) is 12.8 Å². The Bertz CT molecular complexity index is 1180. The lowest BCUT2D eigenvalue weighted by molar-refractivity contribution is -0.0456. The van der Waals surface area contributed by atoms with Crippen LogP contribution in [0.4, 0.5) is 5.69 Å². The molecule has 1 amide bonds. The number of benzene rings is 1. The third-order valence-corrected chi connectivity index (χ3v) is 6.10. The number of nitrogens with one attached hydrogen (secondary N) is 1. The standard InChI is InChI=1S/C28H37N3O4/c1-8-19(3)34-18-28(7,9-2)35-22-13-10-20(11-14-22)26(33)29-21-12-15-24-30-23(17-31(24)16-21)25(32)27(4,5)6/h10-17,19H,8-9,18H2,1-7H3,(H,29,33). The highest BCUT2D eigenvalue weighted by Gasteiger charge is 2.26. The Balaban J connectivity index is 1.67. The van der Waals surface area contributed by atoms with Gasteiger partial charge in [0, 0.05) is 23.4 Å². The quantitative estimate of drug-likeness (QED) is 0.351. The lowest BCUT2D eigenvalue weighted by Crippen LogP contribution is -2.38. The van der Waals surface area contributed by atoms with Gasteiger partial charge in [-0.15, -0.1) is 0 Å². The van der Waals surface area contributed by atoms with Gasteiger partial charge < -0.3 is 19.2 Å². The minimum absolute atomic E-state index is 0.0281. The van der Waals surface area contributed by atoms with Crippen molar-refractivity contribution in [1.29, 1.82) is 0 Å². The molecule has 7 heteroatoms. The Morgan fingerprint density at radius 2 is 1.71 bits per heavy atom. The molecule has 2 atom stereocenters. The maximum atomic E-state index is 12.8. The summed E-state index contributed by atoms with van der Waals surface area (Å²) in [6.45, 7) is 14.3. The smallest absolute Gasteiger partial charge is 0.255 e. The molecule has 1 N–H and O–H groups in total. The van der Waals surface area contributed by atoms with Crippen LogP contribution in [0.15, 0.2) is 48.8 Å². The van der Waals surface area contributed by atoms with Crippen LogP contribution in [0.5, 0.6) is 5.75 Å². The SMILES string of the molecule is CCC(C)OCC(C)(CC)Oc1ccc(C(=O)Nc2ccc3nc(C(=O)C(C)(C)C)cn3c2)cc1. The Labute approximate surface area is 207 Å². The topological polar surface area (TPSA) is 81.9 Å². The van der Waals surface area contributed by atoms with Crippen molar-refractivity contribution < 1.29 is 19.1 Å². The molecule has 0 saturated heterocycles. The Kier molecular flexibility index (Phi) is 8.00. The van der Waals surface area contributed by atoms with Crippen LogP contribution >= 0.6 is 0 Å². The van der Waals surface area contributed by atoms with E-state index in [1.165, 1.54) is 0 Å². The summed E-state index contributed by atoms with van der Waals surface area (Å²) in [4.78, 5) is 29.8. The van der Waals surface area contributed by atoms with Crippen LogP contribution in [0.25, 0.3) is 5.65 Å². The molecule has 0 bridgehead atoms. The second-order valence-electron chi connectivity index (χ2n) is 10.3. The van der Waals surface area contributed by atoms with Crippen molar-refractivity contribution in [3.8, 4) is 5.75 Å². The lowest BCUT2D eigenvalue weighted by Gasteiger charge is -2.30. The molecular weight excluding hydrogens is 442 g/mol. The number of rotatable bonds is 10. The van der Waals surface area contributed by atoms with E-state index >= 15 is 0 Å². The fourth-order valence-corrected chi connectivity index (χ4v) is 3.36. The van der Waals surface area contributed by atoms with Crippen LogP contribution < -0.4 is 10.1 Å². The molecule has 0 spiro atoms. The molecule has 188 valence electrons. The number of pyridine rings is 1. The highest BCUT2D eigenvalue weighted by Crippen LogP contribution is 2.24. The maximum absolute atomic E-state index is 12.8. The van der Waals surface area contributed by atoms with Gasteiger partial charge in [0.1, 0.15) is 22.7 Å². The van der Waals surface area contributed by atoms with E-state index < -0.39 is 11.0 Å². The fourth-order valence-electron chi connectivity index (χ4n) is 3.36. The van der Waals surface area contributed by atoms with Gasteiger partial charge >= 0.3 is 0 Å². The number of fused-ring (bicyclic) bond motifs is 1. The van der Waals surface area contributed by atoms with Gasteiger partial charge in [-0.1, -0.05) is 34.6 Å². The molecule has 0 aliphatic rings. The van der Waals surface area contributed by atoms with Crippen molar-refractivity contribution >= 4 is 23.0 Å². The number of imidazole rings is 1. The first-order valence-corrected chi connectivity index (χ1v) is 12.2. The van der Waals surface area contributed by atoms with Crippen LogP contribution in [0, 0.1) is 5.41 Å². The largest absolute Gasteiger partial charge is 0.485 e. The average Bonchev–Trinajstić information content (AvgIpc) is 3.25. The van der Waals surface area contributed by atoms with E-state index in [2.05, 4.69) is 31.1 Å². The number of hydrogen-bond acceptors (Lipinski definition) is 5. The minimum atomic E-state index is -0.514. The average molecular weight is 480 g/mol. The highest BCUT2D eigenvalue weighted by atomic mass is 16.5. The van der Waals surface area contributed by atoms with E-state index in [0.29, 0.717) is 34.9 Å². The Morgan fingerprint density at radius 3 is 2.31 bits per heavy atom. The van der Waals surface area contributed by atoms with Crippen LogP contribution in [0.3, 0.4) is 0 Å². The van der Waals surface area contributed by atoms with Gasteiger partial charge in [0.25, 0.3) is 5.91 Å². The summed E-state index contributed by atoms with van der Waals surface area (Å²) in [6.07, 6.45) is 5.38. The highest BCUT2D eigenvalue weighted by molar-refractivity contribution is 6.04. The molecular formula is C28H37N3O4. The van der Waals surface area contributed by atoms with Crippen molar-refractivity contribution in [1.82, 2.24) is 9.38 Å². The van der Waals surface area contributed by atoms with Gasteiger partial charge in [-0.05, 0) is 63.1 Å². The number of carbonyl (C=O) groups is 2. The molecule has 2 unspecified atom stereocenters. The van der Waals surface area contributed by atoms with Crippen molar-refractivity contribution in [2.45, 2.75) is 73.0 Å². The summed E-state index contributed by atoms with van der Waals surface area (Å²) in [6, 6.07) is 10.6. The van der Waals surface area contributed by atoms with Gasteiger partial charge in [0.05, 0.1) is 18.4 Å². The molecule has 0 aliphatic carbocycles. The number of nitrogens with zero attached hydrogens (tertiary/aromatic N) is 2. The van der Waals surface area contributed by atoms with Crippen molar-refractivity contribution in [3.05, 3.63) is 60.0 Å². The molecule has 0 radical (unpaired) electrons. The lowest BCUT2D eigenvalue weighted by atomic mass is 9.89. The first-order chi connectivity index (χ1) is 16.4. The van der Waals surface area contributed by atoms with E-state index in [-0.39, 0.29) is 17.8 Å². The van der Waals surface area contributed by atoms with Crippen molar-refractivity contribution in [2.75, 3.05) is 11.9 Å². The summed E-state index contributed by atoms with van der Waals surface area (Å²) in [5.41, 5.74) is 1.22. The molecule has 0 fully saturated rings. The number of carbonyl (C=O) groups excluding carboxylic acids is 2. The van der Waals surface area contributed by atoms with Gasteiger partial charge in [-0.2, -0.15) is 0 Å². The van der Waals surface area contributed by atoms with E-state index in [9.17, 15) is 9.59 Å². The molecule has 2 aromatic heterocycles. The molecule has 0 saturated carbocycles. The van der Waals surface area contributed by atoms with Gasteiger partial charge in [-0.25, -0.2) is 4.98 Å². The molecule has 0 aliphatic heterocycles. The monoisotopic (exact) mass is 479 g/mol. The Morgan fingerprint density at radius 1 is 1.03 bits per heavy atom. The molecule has 2 heterocycles. The number of Topliss-reactive ketones (excluding diaryl/α,β-unsaturated/α-hetero) is 1. The minimum Gasteiger partial charge on any atom is -0.485 e. The Hall–Kier alpha value is -3.19. The van der Waals surface area contributed by atoms with E-state index in [1.807, 2.05) is 27.7 Å². The van der Waals surface area contributed by atoms with E-state index in [1.54, 1.807) is 53.2 Å². The van der Waals surface area contributed by atoms with Crippen molar-refractivity contribution in [3.63, 3.8) is 0 Å². The maximum Gasteiger partial charge on any atom is 0.255 e. The van der Waals surface area contributed by atoms with Gasteiger partial charge in [0.2, 0.25) is 0 Å². The summed E-state index contributed by atoms with van der Waals surface area (Å²) in [7, 11) is 0. The van der Waals surface area contributed by atoms with Crippen LogP contribution in [0.1, 0.15) is 82.2 Å². The first kappa shape index (κ1) is 26.4. The first-order valence-electron chi connectivity index (χ1n) is 12.2. The van der Waals surface area contributed by atoms with Crippen LogP contribution in [-0.2, 0) is 4.74 Å². The molecule has 7 nitrogen and oxygen atoms in total. The molecule has 3 rings (SSSR count). The summed E-state index contributed by atoms with van der Waals surface area (Å²) in [5, 5.41) is 2.90. The van der Waals surface area contributed by atoms with Gasteiger partial charge in [-0.3, -0.25) is 9.59 Å². The van der Waals surface area contributed by atoms with Crippen molar-refractivity contribution in [2.24, 2.45) is 5.41 Å². The number of hydrogen-bond donors (Lipinski definition) is 1. The predicted octanol–water partition coefficient (Wildman–Crippen LogP) is 6.18. The number of anilines is 1. The molecule has 35 heavy (non-hydrogen) atoms. The zero-order valence-electron chi connectivity index (χ0n) is 21.8. The number of aromatic nitrogens is 2. The number of amides is 1. The zero-order valence-corrected chi connectivity index (χ0v) is 21.8. The third kappa shape index (κ3) is 6.69. The van der Waals surface area contributed by atoms with E-state index in [4.69, 9.17) is 9.47 Å².